The number of nitrogens with zero attached hydrogens (tertiary/aromatic N) is 1. The van der Waals surface area contributed by atoms with E-state index in [1.54, 1.807) is 4.90 Å². The molecule has 1 atom stereocenters. The van der Waals surface area contributed by atoms with E-state index in [-0.39, 0.29) is 23.3 Å². The topological polar surface area (TPSA) is 46.6 Å². The van der Waals surface area contributed by atoms with Gasteiger partial charge in [0, 0.05) is 12.0 Å². The van der Waals surface area contributed by atoms with E-state index in [9.17, 15) is 9.59 Å². The van der Waals surface area contributed by atoms with Crippen molar-refractivity contribution >= 4 is 11.9 Å². The van der Waals surface area contributed by atoms with Gasteiger partial charge in [-0.2, -0.15) is 0 Å². The summed E-state index contributed by atoms with van der Waals surface area (Å²) in [6.45, 7) is 4.96. The summed E-state index contributed by atoms with van der Waals surface area (Å²) in [5, 5.41) is 0. The first-order valence-corrected chi connectivity index (χ1v) is 7.56. The lowest BCUT2D eigenvalue weighted by Crippen LogP contribution is -2.48. The number of ether oxygens (including phenoxy) is 1. The van der Waals surface area contributed by atoms with Gasteiger partial charge in [0.2, 0.25) is 5.91 Å². The van der Waals surface area contributed by atoms with E-state index in [2.05, 4.69) is 6.92 Å². The second-order valence-electron chi connectivity index (χ2n) is 6.03. The zero-order valence-electron chi connectivity index (χ0n) is 12.1. The summed E-state index contributed by atoms with van der Waals surface area (Å²) in [7, 11) is 0. The molecule has 2 aliphatic rings. The number of carbonyl (C=O) groups excluding carboxylic acids is 2. The van der Waals surface area contributed by atoms with Crippen molar-refractivity contribution in [3.05, 3.63) is 0 Å². The first kappa shape index (κ1) is 14.4. The Kier molecular flexibility index (Phi) is 4.48. The summed E-state index contributed by atoms with van der Waals surface area (Å²) in [5.74, 6) is -0.0597. The summed E-state index contributed by atoms with van der Waals surface area (Å²) in [6, 6.07) is -0.341. The van der Waals surface area contributed by atoms with Crippen LogP contribution < -0.4 is 0 Å². The van der Waals surface area contributed by atoms with E-state index >= 15 is 0 Å². The first-order valence-electron chi connectivity index (χ1n) is 7.56. The molecule has 0 spiro atoms. The summed E-state index contributed by atoms with van der Waals surface area (Å²) >= 11 is 0. The molecule has 4 heteroatoms. The number of likely N-dealkylation sites (tertiary alicyclic amines) is 1. The molecule has 1 heterocycles. The van der Waals surface area contributed by atoms with Gasteiger partial charge in [-0.15, -0.1) is 0 Å². The number of rotatable bonds is 3. The van der Waals surface area contributed by atoms with Crippen molar-refractivity contribution in [3.63, 3.8) is 0 Å². The fourth-order valence-corrected chi connectivity index (χ4v) is 3.39. The molecule has 1 saturated carbocycles. The van der Waals surface area contributed by atoms with Crippen LogP contribution in [0.1, 0.15) is 58.8 Å². The second kappa shape index (κ2) is 5.93. The zero-order valence-corrected chi connectivity index (χ0v) is 12.1. The van der Waals surface area contributed by atoms with Crippen molar-refractivity contribution in [2.45, 2.75) is 64.8 Å². The molecule has 2 fully saturated rings. The fraction of sp³-hybridized carbons (Fsp3) is 0.867. The molecule has 0 radical (unpaired) electrons. The SMILES string of the molecule is CCOC(=O)C1CCCN1C(=O)C1(C)CCCCC1. The maximum absolute atomic E-state index is 12.8. The quantitative estimate of drug-likeness (QED) is 0.738. The van der Waals surface area contributed by atoms with Crippen LogP contribution in [0.15, 0.2) is 0 Å². The lowest BCUT2D eigenvalue weighted by Gasteiger charge is -2.37. The smallest absolute Gasteiger partial charge is 0.328 e. The molecule has 1 aliphatic heterocycles. The van der Waals surface area contributed by atoms with Gasteiger partial charge < -0.3 is 9.64 Å². The molecule has 0 bridgehead atoms. The van der Waals surface area contributed by atoms with Gasteiger partial charge in [0.15, 0.2) is 0 Å². The third-order valence-corrected chi connectivity index (χ3v) is 4.55. The highest BCUT2D eigenvalue weighted by Crippen LogP contribution is 2.39. The van der Waals surface area contributed by atoms with Crippen molar-refractivity contribution in [2.75, 3.05) is 13.2 Å². The highest BCUT2D eigenvalue weighted by Gasteiger charge is 2.43. The molecule has 19 heavy (non-hydrogen) atoms. The first-order chi connectivity index (χ1) is 9.08. The molecular formula is C15H25NO3. The minimum absolute atomic E-state index is 0.169. The Balaban J connectivity index is 2.06. The summed E-state index contributed by atoms with van der Waals surface area (Å²) in [5.41, 5.74) is -0.257. The van der Waals surface area contributed by atoms with Crippen molar-refractivity contribution in [1.82, 2.24) is 4.90 Å². The van der Waals surface area contributed by atoms with Crippen LogP contribution in [0.3, 0.4) is 0 Å². The Morgan fingerprint density at radius 3 is 2.53 bits per heavy atom. The lowest BCUT2D eigenvalue weighted by atomic mass is 9.74. The molecule has 0 aromatic carbocycles. The Morgan fingerprint density at radius 2 is 1.89 bits per heavy atom. The summed E-state index contributed by atoms with van der Waals surface area (Å²) in [4.78, 5) is 26.5. The van der Waals surface area contributed by atoms with E-state index in [1.165, 1.54) is 6.42 Å². The van der Waals surface area contributed by atoms with E-state index in [0.29, 0.717) is 13.2 Å². The molecule has 108 valence electrons. The molecule has 0 aromatic heterocycles. The van der Waals surface area contributed by atoms with Gasteiger partial charge in [0.25, 0.3) is 0 Å². The van der Waals surface area contributed by atoms with E-state index in [0.717, 1.165) is 38.5 Å². The van der Waals surface area contributed by atoms with Gasteiger partial charge in [-0.3, -0.25) is 4.79 Å². The Morgan fingerprint density at radius 1 is 1.21 bits per heavy atom. The maximum atomic E-state index is 12.8. The second-order valence-corrected chi connectivity index (χ2v) is 6.03. The highest BCUT2D eigenvalue weighted by atomic mass is 16.5. The van der Waals surface area contributed by atoms with Crippen LogP contribution in [0.4, 0.5) is 0 Å². The minimum atomic E-state index is -0.341. The molecule has 1 unspecified atom stereocenters. The van der Waals surface area contributed by atoms with Crippen molar-refractivity contribution in [3.8, 4) is 0 Å². The fourth-order valence-electron chi connectivity index (χ4n) is 3.39. The Hall–Kier alpha value is -1.06. The average molecular weight is 267 g/mol. The van der Waals surface area contributed by atoms with Crippen LogP contribution in [0.25, 0.3) is 0 Å². The molecule has 2 rings (SSSR count). The third-order valence-electron chi connectivity index (χ3n) is 4.55. The van der Waals surface area contributed by atoms with E-state index in [4.69, 9.17) is 4.74 Å². The van der Waals surface area contributed by atoms with Crippen LogP contribution in [0.5, 0.6) is 0 Å². The molecular weight excluding hydrogens is 242 g/mol. The molecule has 0 aromatic rings. The monoisotopic (exact) mass is 267 g/mol. The summed E-state index contributed by atoms with van der Waals surface area (Å²) < 4.78 is 5.09. The predicted molar refractivity (Wildman–Crippen MR) is 72.6 cm³/mol. The Labute approximate surface area is 115 Å². The van der Waals surface area contributed by atoms with Gasteiger partial charge in [0.1, 0.15) is 6.04 Å². The molecule has 1 saturated heterocycles. The van der Waals surface area contributed by atoms with Crippen LogP contribution in [0, 0.1) is 5.41 Å². The van der Waals surface area contributed by atoms with Crippen molar-refractivity contribution < 1.29 is 14.3 Å². The standard InChI is InChI=1S/C15H25NO3/c1-3-19-13(17)12-8-7-11-16(12)14(18)15(2)9-5-4-6-10-15/h12H,3-11H2,1-2H3. The van der Waals surface area contributed by atoms with E-state index in [1.807, 2.05) is 6.92 Å². The van der Waals surface area contributed by atoms with Crippen LogP contribution >= 0.6 is 0 Å². The van der Waals surface area contributed by atoms with Gasteiger partial charge in [-0.25, -0.2) is 4.79 Å². The van der Waals surface area contributed by atoms with Crippen molar-refractivity contribution in [1.29, 1.82) is 0 Å². The van der Waals surface area contributed by atoms with E-state index < -0.39 is 0 Å². The van der Waals surface area contributed by atoms with Gasteiger partial charge >= 0.3 is 5.97 Å². The maximum Gasteiger partial charge on any atom is 0.328 e. The lowest BCUT2D eigenvalue weighted by molar-refractivity contribution is -0.157. The predicted octanol–water partition coefficient (Wildman–Crippen LogP) is 2.51. The number of hydrogen-bond acceptors (Lipinski definition) is 3. The molecule has 1 amide bonds. The number of carbonyl (C=O) groups is 2. The largest absolute Gasteiger partial charge is 0.464 e. The normalized spacial score (nSPS) is 26.2. The Bertz CT molecular complexity index is 347. The zero-order chi connectivity index (χ0) is 13.9. The van der Waals surface area contributed by atoms with Gasteiger partial charge in [-0.05, 0) is 32.6 Å². The van der Waals surface area contributed by atoms with Crippen molar-refractivity contribution in [2.24, 2.45) is 5.41 Å². The molecule has 0 N–H and O–H groups in total. The number of hydrogen-bond donors (Lipinski definition) is 0. The third kappa shape index (κ3) is 2.93. The number of amides is 1. The van der Waals surface area contributed by atoms with Gasteiger partial charge in [-0.1, -0.05) is 26.2 Å². The van der Waals surface area contributed by atoms with Crippen LogP contribution in [-0.2, 0) is 14.3 Å². The molecule has 4 nitrogen and oxygen atoms in total. The minimum Gasteiger partial charge on any atom is -0.464 e. The van der Waals surface area contributed by atoms with Crippen LogP contribution in [0.2, 0.25) is 0 Å². The average Bonchev–Trinajstić information content (AvgIpc) is 2.88. The molecule has 1 aliphatic carbocycles. The highest BCUT2D eigenvalue weighted by molar-refractivity contribution is 5.88. The number of esters is 1. The van der Waals surface area contributed by atoms with Crippen LogP contribution in [-0.4, -0.2) is 36.0 Å². The summed E-state index contributed by atoms with van der Waals surface area (Å²) in [6.07, 6.45) is 7.05. The van der Waals surface area contributed by atoms with Gasteiger partial charge in [0.05, 0.1) is 6.61 Å².